The third kappa shape index (κ3) is 2.62. The summed E-state index contributed by atoms with van der Waals surface area (Å²) < 4.78 is 0. The van der Waals surface area contributed by atoms with Crippen LogP contribution in [0.2, 0.25) is 0 Å². The summed E-state index contributed by atoms with van der Waals surface area (Å²) in [7, 11) is 1.70. The summed E-state index contributed by atoms with van der Waals surface area (Å²) >= 11 is 0. The first kappa shape index (κ1) is 11.4. The average molecular weight is 209 g/mol. The molecule has 1 amide bonds. The van der Waals surface area contributed by atoms with E-state index in [1.807, 2.05) is 6.92 Å². The predicted octanol–water partition coefficient (Wildman–Crippen LogP) is 1.58. The van der Waals surface area contributed by atoms with E-state index in [2.05, 4.69) is 0 Å². The van der Waals surface area contributed by atoms with Crippen molar-refractivity contribution in [3.8, 4) is 11.5 Å². The zero-order valence-corrected chi connectivity index (χ0v) is 8.90. The maximum absolute atomic E-state index is 11.7. The Morgan fingerprint density at radius 3 is 2.53 bits per heavy atom. The Labute approximate surface area is 88.8 Å². The van der Waals surface area contributed by atoms with Crippen molar-refractivity contribution < 1.29 is 15.0 Å². The molecular formula is C11H15NO3. The van der Waals surface area contributed by atoms with Crippen LogP contribution in [0.3, 0.4) is 0 Å². The number of nitrogens with zero attached hydrogens (tertiary/aromatic N) is 1. The minimum atomic E-state index is -0.272. The van der Waals surface area contributed by atoms with Crippen molar-refractivity contribution in [3.63, 3.8) is 0 Å². The molecule has 0 aliphatic heterocycles. The molecule has 0 aliphatic carbocycles. The lowest BCUT2D eigenvalue weighted by molar-refractivity contribution is 0.0794. The first-order valence-electron chi connectivity index (χ1n) is 4.83. The normalized spacial score (nSPS) is 10.0. The standard InChI is InChI=1S/C11H15NO3/c1-3-6-12(2)11(15)8-4-5-9(13)10(14)7-8/h4-5,7,13-14H,3,6H2,1-2H3. The van der Waals surface area contributed by atoms with Gasteiger partial charge in [-0.25, -0.2) is 0 Å². The predicted molar refractivity (Wildman–Crippen MR) is 57.0 cm³/mol. The molecule has 1 aromatic rings. The maximum Gasteiger partial charge on any atom is 0.253 e. The average Bonchev–Trinajstić information content (AvgIpc) is 2.21. The first-order valence-corrected chi connectivity index (χ1v) is 4.83. The van der Waals surface area contributed by atoms with E-state index in [0.29, 0.717) is 12.1 Å². The van der Waals surface area contributed by atoms with Crippen LogP contribution in [0, 0.1) is 0 Å². The topological polar surface area (TPSA) is 60.8 Å². The number of phenolic OH excluding ortho intramolecular Hbond substituents is 2. The Kier molecular flexibility index (Phi) is 3.55. The molecule has 0 aliphatic rings. The molecule has 0 spiro atoms. The molecular weight excluding hydrogens is 194 g/mol. The highest BCUT2D eigenvalue weighted by molar-refractivity contribution is 5.94. The van der Waals surface area contributed by atoms with Crippen molar-refractivity contribution in [2.75, 3.05) is 13.6 Å². The molecule has 2 N–H and O–H groups in total. The summed E-state index contributed by atoms with van der Waals surface area (Å²) in [5.74, 6) is -0.650. The van der Waals surface area contributed by atoms with Crippen molar-refractivity contribution in [3.05, 3.63) is 23.8 Å². The Hall–Kier alpha value is -1.71. The fraction of sp³-hybridized carbons (Fsp3) is 0.364. The van der Waals surface area contributed by atoms with Gasteiger partial charge >= 0.3 is 0 Å². The van der Waals surface area contributed by atoms with Crippen molar-refractivity contribution in [1.29, 1.82) is 0 Å². The number of rotatable bonds is 3. The fourth-order valence-corrected chi connectivity index (χ4v) is 1.31. The zero-order valence-electron chi connectivity index (χ0n) is 8.90. The molecule has 4 heteroatoms. The van der Waals surface area contributed by atoms with Crippen LogP contribution in [0.4, 0.5) is 0 Å². The molecule has 0 saturated carbocycles. The lowest BCUT2D eigenvalue weighted by Gasteiger charge is -2.16. The van der Waals surface area contributed by atoms with Crippen LogP contribution in [0.5, 0.6) is 11.5 Å². The van der Waals surface area contributed by atoms with Gasteiger partial charge in [0.15, 0.2) is 11.5 Å². The van der Waals surface area contributed by atoms with E-state index in [4.69, 9.17) is 5.11 Å². The van der Waals surface area contributed by atoms with E-state index in [0.717, 1.165) is 6.42 Å². The highest BCUT2D eigenvalue weighted by atomic mass is 16.3. The van der Waals surface area contributed by atoms with Crippen molar-refractivity contribution >= 4 is 5.91 Å². The summed E-state index contributed by atoms with van der Waals surface area (Å²) in [4.78, 5) is 13.3. The molecule has 0 aromatic heterocycles. The zero-order chi connectivity index (χ0) is 11.4. The quantitative estimate of drug-likeness (QED) is 0.743. The van der Waals surface area contributed by atoms with Gasteiger partial charge in [0.2, 0.25) is 0 Å². The van der Waals surface area contributed by atoms with Gasteiger partial charge in [0.1, 0.15) is 0 Å². The second-order valence-electron chi connectivity index (χ2n) is 3.43. The van der Waals surface area contributed by atoms with E-state index in [1.54, 1.807) is 11.9 Å². The number of aromatic hydroxyl groups is 2. The van der Waals surface area contributed by atoms with Gasteiger partial charge in [-0.1, -0.05) is 6.92 Å². The van der Waals surface area contributed by atoms with Gasteiger partial charge in [-0.3, -0.25) is 4.79 Å². The van der Waals surface area contributed by atoms with Gasteiger partial charge < -0.3 is 15.1 Å². The van der Waals surface area contributed by atoms with E-state index in [9.17, 15) is 9.90 Å². The smallest absolute Gasteiger partial charge is 0.253 e. The molecule has 4 nitrogen and oxygen atoms in total. The Balaban J connectivity index is 2.87. The van der Waals surface area contributed by atoms with E-state index < -0.39 is 0 Å². The summed E-state index contributed by atoms with van der Waals surface area (Å²) in [6.07, 6.45) is 0.881. The molecule has 15 heavy (non-hydrogen) atoms. The Bertz CT molecular complexity index is 363. The molecule has 0 heterocycles. The lowest BCUT2D eigenvalue weighted by Crippen LogP contribution is -2.27. The minimum Gasteiger partial charge on any atom is -0.504 e. The molecule has 1 aromatic carbocycles. The number of amides is 1. The second kappa shape index (κ2) is 4.68. The van der Waals surface area contributed by atoms with Crippen molar-refractivity contribution in [2.24, 2.45) is 0 Å². The summed E-state index contributed by atoms with van der Waals surface area (Å²) in [6, 6.07) is 4.07. The molecule has 82 valence electrons. The van der Waals surface area contributed by atoms with E-state index in [1.165, 1.54) is 18.2 Å². The van der Waals surface area contributed by atoms with Crippen LogP contribution in [0.15, 0.2) is 18.2 Å². The molecule has 0 unspecified atom stereocenters. The minimum absolute atomic E-state index is 0.160. The van der Waals surface area contributed by atoms with Crippen LogP contribution >= 0.6 is 0 Å². The van der Waals surface area contributed by atoms with E-state index in [-0.39, 0.29) is 17.4 Å². The third-order valence-corrected chi connectivity index (χ3v) is 2.13. The summed E-state index contributed by atoms with van der Waals surface area (Å²) in [6.45, 7) is 2.65. The molecule has 0 fully saturated rings. The van der Waals surface area contributed by atoms with Crippen molar-refractivity contribution in [1.82, 2.24) is 4.90 Å². The van der Waals surface area contributed by atoms with Gasteiger partial charge in [-0.2, -0.15) is 0 Å². The van der Waals surface area contributed by atoms with Gasteiger partial charge in [0.05, 0.1) is 0 Å². The van der Waals surface area contributed by atoms with Gasteiger partial charge in [0, 0.05) is 19.2 Å². The Morgan fingerprint density at radius 2 is 2.00 bits per heavy atom. The highest BCUT2D eigenvalue weighted by Gasteiger charge is 2.12. The number of hydrogen-bond acceptors (Lipinski definition) is 3. The van der Waals surface area contributed by atoms with Crippen LogP contribution in [0.25, 0.3) is 0 Å². The maximum atomic E-state index is 11.7. The Morgan fingerprint density at radius 1 is 1.33 bits per heavy atom. The third-order valence-electron chi connectivity index (χ3n) is 2.13. The fourth-order valence-electron chi connectivity index (χ4n) is 1.31. The van der Waals surface area contributed by atoms with Crippen LogP contribution in [-0.2, 0) is 0 Å². The van der Waals surface area contributed by atoms with E-state index >= 15 is 0 Å². The van der Waals surface area contributed by atoms with Crippen LogP contribution in [-0.4, -0.2) is 34.6 Å². The molecule has 0 atom stereocenters. The van der Waals surface area contributed by atoms with Gasteiger partial charge in [-0.05, 0) is 24.6 Å². The first-order chi connectivity index (χ1) is 7.06. The SMILES string of the molecule is CCCN(C)C(=O)c1ccc(O)c(O)c1. The summed E-state index contributed by atoms with van der Waals surface area (Å²) in [5, 5.41) is 18.3. The molecule has 0 radical (unpaired) electrons. The van der Waals surface area contributed by atoms with Gasteiger partial charge in [0.25, 0.3) is 5.91 Å². The highest BCUT2D eigenvalue weighted by Crippen LogP contribution is 2.25. The lowest BCUT2D eigenvalue weighted by atomic mass is 10.2. The number of benzene rings is 1. The van der Waals surface area contributed by atoms with Crippen LogP contribution < -0.4 is 0 Å². The second-order valence-corrected chi connectivity index (χ2v) is 3.43. The summed E-state index contributed by atoms with van der Waals surface area (Å²) in [5.41, 5.74) is 0.376. The molecule has 0 bridgehead atoms. The number of carbonyl (C=O) groups is 1. The largest absolute Gasteiger partial charge is 0.504 e. The number of phenols is 2. The molecule has 0 saturated heterocycles. The van der Waals surface area contributed by atoms with Crippen LogP contribution in [0.1, 0.15) is 23.7 Å². The van der Waals surface area contributed by atoms with Gasteiger partial charge in [-0.15, -0.1) is 0 Å². The molecule has 1 rings (SSSR count). The van der Waals surface area contributed by atoms with Crippen molar-refractivity contribution in [2.45, 2.75) is 13.3 Å². The monoisotopic (exact) mass is 209 g/mol. The number of hydrogen-bond donors (Lipinski definition) is 2. The number of carbonyl (C=O) groups excluding carboxylic acids is 1.